The van der Waals surface area contributed by atoms with Crippen LogP contribution in [0.3, 0.4) is 0 Å². The molecule has 2 fully saturated rings. The first-order valence-electron chi connectivity index (χ1n) is 8.02. The van der Waals surface area contributed by atoms with Gasteiger partial charge in [-0.15, -0.1) is 10.2 Å². The number of rotatable bonds is 1. The van der Waals surface area contributed by atoms with Crippen molar-refractivity contribution in [2.24, 2.45) is 5.92 Å². The van der Waals surface area contributed by atoms with Crippen LogP contribution in [0.1, 0.15) is 38.5 Å². The van der Waals surface area contributed by atoms with E-state index in [1.165, 1.54) is 38.5 Å². The van der Waals surface area contributed by atoms with E-state index in [2.05, 4.69) is 27.2 Å². The highest BCUT2D eigenvalue weighted by Crippen LogP contribution is 2.39. The number of nitrogens with zero attached hydrogens (tertiary/aromatic N) is 3. The van der Waals surface area contributed by atoms with Crippen molar-refractivity contribution in [2.75, 3.05) is 11.4 Å². The summed E-state index contributed by atoms with van der Waals surface area (Å²) in [7, 11) is 0. The van der Waals surface area contributed by atoms with Crippen molar-refractivity contribution in [3.05, 3.63) is 29.4 Å². The fraction of sp³-hybridized carbons (Fsp3) is 0.529. The second-order valence-corrected chi connectivity index (χ2v) is 6.67. The summed E-state index contributed by atoms with van der Waals surface area (Å²) >= 11 is 6.21. The third-order valence-electron chi connectivity index (χ3n) is 5.14. The number of hydrogen-bond donors (Lipinski definition) is 0. The SMILES string of the molecule is Clc1nnc(N2CCCC3CCCCC32)c2ccccc12. The second kappa shape index (κ2) is 5.45. The Balaban J connectivity index is 1.80. The first kappa shape index (κ1) is 13.3. The lowest BCUT2D eigenvalue weighted by Crippen LogP contribution is -2.47. The van der Waals surface area contributed by atoms with Gasteiger partial charge in [0.25, 0.3) is 0 Å². The molecule has 0 bridgehead atoms. The summed E-state index contributed by atoms with van der Waals surface area (Å²) in [6.07, 6.45) is 8.04. The van der Waals surface area contributed by atoms with E-state index < -0.39 is 0 Å². The molecule has 1 aromatic heterocycles. The Labute approximate surface area is 130 Å². The normalized spacial score (nSPS) is 25.9. The summed E-state index contributed by atoms with van der Waals surface area (Å²) in [4.78, 5) is 2.51. The van der Waals surface area contributed by atoms with Gasteiger partial charge in [-0.1, -0.05) is 48.7 Å². The minimum atomic E-state index is 0.506. The zero-order chi connectivity index (χ0) is 14.2. The molecule has 0 N–H and O–H groups in total. The van der Waals surface area contributed by atoms with E-state index >= 15 is 0 Å². The predicted molar refractivity (Wildman–Crippen MR) is 86.9 cm³/mol. The quantitative estimate of drug-likeness (QED) is 0.779. The van der Waals surface area contributed by atoms with Crippen molar-refractivity contribution < 1.29 is 0 Å². The molecule has 2 aromatic rings. The Morgan fingerprint density at radius 2 is 1.71 bits per heavy atom. The second-order valence-electron chi connectivity index (χ2n) is 6.31. The summed E-state index contributed by atoms with van der Waals surface area (Å²) in [5.41, 5.74) is 0. The van der Waals surface area contributed by atoms with Crippen LogP contribution in [0.2, 0.25) is 5.15 Å². The van der Waals surface area contributed by atoms with Gasteiger partial charge >= 0.3 is 0 Å². The molecule has 1 aromatic carbocycles. The van der Waals surface area contributed by atoms with Crippen molar-refractivity contribution in [2.45, 2.75) is 44.6 Å². The lowest BCUT2D eigenvalue weighted by Gasteiger charge is -2.44. The largest absolute Gasteiger partial charge is 0.351 e. The molecule has 1 saturated carbocycles. The molecule has 0 radical (unpaired) electrons. The topological polar surface area (TPSA) is 29.0 Å². The van der Waals surface area contributed by atoms with Crippen LogP contribution in [0.4, 0.5) is 5.82 Å². The van der Waals surface area contributed by atoms with E-state index in [0.29, 0.717) is 11.2 Å². The van der Waals surface area contributed by atoms with Crippen molar-refractivity contribution >= 4 is 28.2 Å². The summed E-state index contributed by atoms with van der Waals surface area (Å²) in [5.74, 6) is 1.87. The Kier molecular flexibility index (Phi) is 3.46. The first-order chi connectivity index (χ1) is 10.3. The molecule has 1 saturated heterocycles. The molecule has 1 aliphatic carbocycles. The standard InChI is InChI=1S/C17H20ClN3/c18-16-13-8-2-3-9-14(13)17(20-19-16)21-11-5-7-12-6-1-4-10-15(12)21/h2-3,8-9,12,15H,1,4-7,10-11H2. The molecule has 4 rings (SSSR count). The van der Waals surface area contributed by atoms with E-state index in [9.17, 15) is 0 Å². The van der Waals surface area contributed by atoms with E-state index in [4.69, 9.17) is 11.6 Å². The van der Waals surface area contributed by atoms with Gasteiger partial charge in [0, 0.05) is 23.4 Å². The van der Waals surface area contributed by atoms with Gasteiger partial charge in [-0.2, -0.15) is 0 Å². The Morgan fingerprint density at radius 1 is 0.952 bits per heavy atom. The van der Waals surface area contributed by atoms with Gasteiger partial charge in [0.05, 0.1) is 0 Å². The first-order valence-corrected chi connectivity index (χ1v) is 8.40. The van der Waals surface area contributed by atoms with E-state index in [0.717, 1.165) is 29.1 Å². The zero-order valence-electron chi connectivity index (χ0n) is 12.1. The van der Waals surface area contributed by atoms with Gasteiger partial charge in [-0.05, 0) is 31.6 Å². The van der Waals surface area contributed by atoms with Gasteiger partial charge in [0.15, 0.2) is 11.0 Å². The van der Waals surface area contributed by atoms with Crippen LogP contribution < -0.4 is 4.90 Å². The van der Waals surface area contributed by atoms with Gasteiger partial charge in [0.2, 0.25) is 0 Å². The van der Waals surface area contributed by atoms with Crippen LogP contribution in [-0.2, 0) is 0 Å². The number of piperidine rings is 1. The molecule has 1 aliphatic heterocycles. The van der Waals surface area contributed by atoms with Crippen LogP contribution >= 0.6 is 11.6 Å². The Morgan fingerprint density at radius 3 is 2.62 bits per heavy atom. The van der Waals surface area contributed by atoms with Gasteiger partial charge in [-0.25, -0.2) is 0 Å². The van der Waals surface area contributed by atoms with Crippen molar-refractivity contribution in [1.29, 1.82) is 0 Å². The number of halogens is 1. The third-order valence-corrected chi connectivity index (χ3v) is 5.42. The van der Waals surface area contributed by atoms with E-state index in [-0.39, 0.29) is 0 Å². The molecule has 2 unspecified atom stereocenters. The minimum Gasteiger partial charge on any atom is -0.351 e. The molecule has 0 spiro atoms. The number of fused-ring (bicyclic) bond motifs is 2. The maximum atomic E-state index is 6.21. The number of hydrogen-bond acceptors (Lipinski definition) is 3. The van der Waals surface area contributed by atoms with E-state index in [1.807, 2.05) is 12.1 Å². The smallest absolute Gasteiger partial charge is 0.159 e. The van der Waals surface area contributed by atoms with E-state index in [1.54, 1.807) is 0 Å². The fourth-order valence-electron chi connectivity index (χ4n) is 4.16. The maximum absolute atomic E-state index is 6.21. The van der Waals surface area contributed by atoms with Crippen molar-refractivity contribution in [3.8, 4) is 0 Å². The average molecular weight is 302 g/mol. The van der Waals surface area contributed by atoms with Gasteiger partial charge in [0.1, 0.15) is 0 Å². The average Bonchev–Trinajstić information content (AvgIpc) is 2.55. The maximum Gasteiger partial charge on any atom is 0.159 e. The highest BCUT2D eigenvalue weighted by molar-refractivity contribution is 6.34. The molecule has 0 amide bonds. The van der Waals surface area contributed by atoms with Crippen LogP contribution in [0.25, 0.3) is 10.8 Å². The molecule has 4 heteroatoms. The molecule has 2 aliphatic rings. The molecule has 21 heavy (non-hydrogen) atoms. The van der Waals surface area contributed by atoms with Crippen molar-refractivity contribution in [1.82, 2.24) is 10.2 Å². The van der Waals surface area contributed by atoms with Crippen molar-refractivity contribution in [3.63, 3.8) is 0 Å². The van der Waals surface area contributed by atoms with Crippen LogP contribution in [0.15, 0.2) is 24.3 Å². The molecule has 2 atom stereocenters. The summed E-state index contributed by atoms with van der Waals surface area (Å²) in [6, 6.07) is 8.88. The Hall–Kier alpha value is -1.35. The van der Waals surface area contributed by atoms with Crippen LogP contribution in [-0.4, -0.2) is 22.8 Å². The van der Waals surface area contributed by atoms with Gasteiger partial charge in [-0.3, -0.25) is 0 Å². The highest BCUT2D eigenvalue weighted by Gasteiger charge is 2.34. The summed E-state index contributed by atoms with van der Waals surface area (Å²) in [6.45, 7) is 1.10. The Bertz CT molecular complexity index is 656. The van der Waals surface area contributed by atoms with Crippen LogP contribution in [0, 0.1) is 5.92 Å². The number of anilines is 1. The van der Waals surface area contributed by atoms with Gasteiger partial charge < -0.3 is 4.90 Å². The summed E-state index contributed by atoms with van der Waals surface area (Å²) < 4.78 is 0. The third kappa shape index (κ3) is 2.28. The molecule has 2 heterocycles. The minimum absolute atomic E-state index is 0.506. The predicted octanol–water partition coefficient (Wildman–Crippen LogP) is 4.44. The zero-order valence-corrected chi connectivity index (χ0v) is 12.9. The molecule has 110 valence electrons. The molecular formula is C17H20ClN3. The molecule has 3 nitrogen and oxygen atoms in total. The monoisotopic (exact) mass is 301 g/mol. The molecular weight excluding hydrogens is 282 g/mol. The lowest BCUT2D eigenvalue weighted by atomic mass is 9.78. The number of benzene rings is 1. The lowest BCUT2D eigenvalue weighted by molar-refractivity contribution is 0.243. The summed E-state index contributed by atoms with van der Waals surface area (Å²) in [5, 5.41) is 11.3. The number of aromatic nitrogens is 2. The fourth-order valence-corrected chi connectivity index (χ4v) is 4.36. The van der Waals surface area contributed by atoms with Crippen LogP contribution in [0.5, 0.6) is 0 Å². The highest BCUT2D eigenvalue weighted by atomic mass is 35.5.